The number of hydrogen-bond acceptors (Lipinski definition) is 5. The summed E-state index contributed by atoms with van der Waals surface area (Å²) in [6.07, 6.45) is 0. The molecule has 6 nitrogen and oxygen atoms in total. The van der Waals surface area contributed by atoms with Crippen LogP contribution in [0.25, 0.3) is 0 Å². The Balaban J connectivity index is 1.80. The second kappa shape index (κ2) is 8.20. The van der Waals surface area contributed by atoms with Gasteiger partial charge in [-0.05, 0) is 43.7 Å². The minimum Gasteiger partial charge on any atom is -0.494 e. The zero-order valence-corrected chi connectivity index (χ0v) is 14.7. The average Bonchev–Trinajstić information content (AvgIpc) is 3.06. The zero-order valence-electron chi connectivity index (χ0n) is 14.7. The number of rotatable bonds is 7. The summed E-state index contributed by atoms with van der Waals surface area (Å²) in [5.74, 6) is 1.59. The van der Waals surface area contributed by atoms with Crippen molar-refractivity contribution in [2.24, 2.45) is 0 Å². The van der Waals surface area contributed by atoms with Crippen molar-refractivity contribution in [3.05, 3.63) is 72.0 Å². The van der Waals surface area contributed by atoms with Gasteiger partial charge in [-0.3, -0.25) is 4.79 Å². The van der Waals surface area contributed by atoms with E-state index in [1.807, 2.05) is 61.5 Å². The SMILES string of the molecule is CCOc1ccc(NC(C(=O)Nc2cc(C)on2)c2ccccc2)cc1. The Hall–Kier alpha value is -3.28. The van der Waals surface area contributed by atoms with E-state index in [4.69, 9.17) is 9.26 Å². The second-order valence-corrected chi connectivity index (χ2v) is 5.76. The standard InChI is InChI=1S/C20H21N3O3/c1-3-25-17-11-9-16(10-12-17)21-19(15-7-5-4-6-8-15)20(24)22-18-13-14(2)26-23-18/h4-13,19,21H,3H2,1-2H3,(H,22,23,24). The first-order valence-electron chi connectivity index (χ1n) is 8.44. The molecule has 0 radical (unpaired) electrons. The lowest BCUT2D eigenvalue weighted by atomic mass is 10.1. The molecule has 0 saturated carbocycles. The van der Waals surface area contributed by atoms with Gasteiger partial charge in [0.25, 0.3) is 5.91 Å². The minimum atomic E-state index is -0.578. The fourth-order valence-corrected chi connectivity index (χ4v) is 2.55. The van der Waals surface area contributed by atoms with Crippen molar-refractivity contribution in [3.63, 3.8) is 0 Å². The molecule has 134 valence electrons. The molecule has 1 heterocycles. The van der Waals surface area contributed by atoms with E-state index < -0.39 is 6.04 Å². The Labute approximate surface area is 152 Å². The smallest absolute Gasteiger partial charge is 0.252 e. The van der Waals surface area contributed by atoms with Crippen LogP contribution in [0.1, 0.15) is 24.3 Å². The normalized spacial score (nSPS) is 11.6. The van der Waals surface area contributed by atoms with Crippen molar-refractivity contribution >= 4 is 17.4 Å². The number of nitrogens with one attached hydrogen (secondary N) is 2. The quantitative estimate of drug-likeness (QED) is 0.668. The Morgan fingerprint density at radius 3 is 2.50 bits per heavy atom. The van der Waals surface area contributed by atoms with Gasteiger partial charge in [0, 0.05) is 11.8 Å². The summed E-state index contributed by atoms with van der Waals surface area (Å²) in [4.78, 5) is 12.8. The largest absolute Gasteiger partial charge is 0.494 e. The molecule has 3 aromatic rings. The third-order valence-corrected chi connectivity index (χ3v) is 3.75. The molecule has 0 aliphatic rings. The molecular weight excluding hydrogens is 330 g/mol. The fraction of sp³-hybridized carbons (Fsp3) is 0.200. The van der Waals surface area contributed by atoms with Gasteiger partial charge < -0.3 is 19.9 Å². The predicted molar refractivity (Wildman–Crippen MR) is 100 cm³/mol. The van der Waals surface area contributed by atoms with Crippen LogP contribution in [0.5, 0.6) is 5.75 Å². The maximum Gasteiger partial charge on any atom is 0.252 e. The van der Waals surface area contributed by atoms with E-state index in [2.05, 4.69) is 15.8 Å². The van der Waals surface area contributed by atoms with Crippen LogP contribution in [0.4, 0.5) is 11.5 Å². The molecule has 0 aliphatic heterocycles. The maximum absolute atomic E-state index is 12.8. The summed E-state index contributed by atoms with van der Waals surface area (Å²) in [5, 5.41) is 9.87. The third-order valence-electron chi connectivity index (χ3n) is 3.75. The number of nitrogens with zero attached hydrogens (tertiary/aromatic N) is 1. The lowest BCUT2D eigenvalue weighted by Gasteiger charge is -2.19. The highest BCUT2D eigenvalue weighted by molar-refractivity contribution is 5.96. The van der Waals surface area contributed by atoms with Crippen molar-refractivity contribution in [3.8, 4) is 5.75 Å². The summed E-state index contributed by atoms with van der Waals surface area (Å²) in [6.45, 7) is 4.32. The highest BCUT2D eigenvalue weighted by atomic mass is 16.5. The number of carbonyl (C=O) groups excluding carboxylic acids is 1. The molecule has 1 unspecified atom stereocenters. The lowest BCUT2D eigenvalue weighted by Crippen LogP contribution is -2.27. The van der Waals surface area contributed by atoms with Crippen molar-refractivity contribution in [1.82, 2.24) is 5.16 Å². The van der Waals surface area contributed by atoms with Gasteiger partial charge in [-0.15, -0.1) is 0 Å². The molecule has 0 fully saturated rings. The van der Waals surface area contributed by atoms with E-state index in [1.54, 1.807) is 13.0 Å². The van der Waals surface area contributed by atoms with Crippen LogP contribution >= 0.6 is 0 Å². The number of amides is 1. The Morgan fingerprint density at radius 2 is 1.88 bits per heavy atom. The Kier molecular flexibility index (Phi) is 5.53. The van der Waals surface area contributed by atoms with Gasteiger partial charge in [-0.2, -0.15) is 0 Å². The van der Waals surface area contributed by atoms with Gasteiger partial charge in [0.05, 0.1) is 6.61 Å². The summed E-state index contributed by atoms with van der Waals surface area (Å²) >= 11 is 0. The zero-order chi connectivity index (χ0) is 18.4. The summed E-state index contributed by atoms with van der Waals surface area (Å²) in [7, 11) is 0. The molecule has 0 saturated heterocycles. The third kappa shape index (κ3) is 4.42. The van der Waals surface area contributed by atoms with Crippen LogP contribution in [0, 0.1) is 6.92 Å². The number of aromatic nitrogens is 1. The van der Waals surface area contributed by atoms with Crippen molar-refractivity contribution in [2.75, 3.05) is 17.2 Å². The van der Waals surface area contributed by atoms with E-state index in [9.17, 15) is 4.79 Å². The van der Waals surface area contributed by atoms with Crippen molar-refractivity contribution in [1.29, 1.82) is 0 Å². The molecule has 2 N–H and O–H groups in total. The number of ether oxygens (including phenoxy) is 1. The van der Waals surface area contributed by atoms with Gasteiger partial charge in [0.1, 0.15) is 17.6 Å². The number of carbonyl (C=O) groups is 1. The van der Waals surface area contributed by atoms with E-state index in [-0.39, 0.29) is 5.91 Å². The van der Waals surface area contributed by atoms with Crippen LogP contribution in [-0.2, 0) is 4.79 Å². The summed E-state index contributed by atoms with van der Waals surface area (Å²) in [5.41, 5.74) is 1.66. The van der Waals surface area contributed by atoms with Gasteiger partial charge >= 0.3 is 0 Å². The topological polar surface area (TPSA) is 76.4 Å². The van der Waals surface area contributed by atoms with Crippen LogP contribution in [0.15, 0.2) is 65.2 Å². The molecule has 6 heteroatoms. The molecule has 1 aromatic heterocycles. The molecule has 3 rings (SSSR count). The van der Waals surface area contributed by atoms with Crippen LogP contribution in [0.2, 0.25) is 0 Å². The number of hydrogen-bond donors (Lipinski definition) is 2. The molecule has 26 heavy (non-hydrogen) atoms. The van der Waals surface area contributed by atoms with Crippen molar-refractivity contribution < 1.29 is 14.1 Å². The Bertz CT molecular complexity index is 844. The van der Waals surface area contributed by atoms with Gasteiger partial charge in [0.15, 0.2) is 5.82 Å². The van der Waals surface area contributed by atoms with Crippen molar-refractivity contribution in [2.45, 2.75) is 19.9 Å². The van der Waals surface area contributed by atoms with E-state index in [0.717, 1.165) is 17.0 Å². The molecule has 1 atom stereocenters. The molecule has 2 aromatic carbocycles. The summed E-state index contributed by atoms with van der Waals surface area (Å²) in [6, 6.07) is 18.1. The number of benzene rings is 2. The van der Waals surface area contributed by atoms with Gasteiger partial charge in [-0.25, -0.2) is 0 Å². The highest BCUT2D eigenvalue weighted by Gasteiger charge is 2.21. The van der Waals surface area contributed by atoms with E-state index in [1.165, 1.54) is 0 Å². The van der Waals surface area contributed by atoms with Crippen LogP contribution in [-0.4, -0.2) is 17.7 Å². The molecule has 1 amide bonds. The fourth-order valence-electron chi connectivity index (χ4n) is 2.55. The number of aryl methyl sites for hydroxylation is 1. The first-order valence-corrected chi connectivity index (χ1v) is 8.44. The summed E-state index contributed by atoms with van der Waals surface area (Å²) < 4.78 is 10.5. The first-order chi connectivity index (χ1) is 12.7. The van der Waals surface area contributed by atoms with Crippen LogP contribution < -0.4 is 15.4 Å². The first kappa shape index (κ1) is 17.5. The molecule has 0 spiro atoms. The van der Waals surface area contributed by atoms with Gasteiger partial charge in [-0.1, -0.05) is 35.5 Å². The second-order valence-electron chi connectivity index (χ2n) is 5.76. The predicted octanol–water partition coefficient (Wildman–Crippen LogP) is 4.17. The van der Waals surface area contributed by atoms with Gasteiger partial charge in [0.2, 0.25) is 0 Å². The Morgan fingerprint density at radius 1 is 1.15 bits per heavy atom. The van der Waals surface area contributed by atoms with E-state index >= 15 is 0 Å². The maximum atomic E-state index is 12.8. The average molecular weight is 351 g/mol. The molecule has 0 bridgehead atoms. The van der Waals surface area contributed by atoms with Crippen LogP contribution in [0.3, 0.4) is 0 Å². The van der Waals surface area contributed by atoms with E-state index in [0.29, 0.717) is 18.2 Å². The highest BCUT2D eigenvalue weighted by Crippen LogP contribution is 2.23. The minimum absolute atomic E-state index is 0.224. The monoisotopic (exact) mass is 351 g/mol. The number of anilines is 2. The molecule has 0 aliphatic carbocycles. The molecular formula is C20H21N3O3. The lowest BCUT2D eigenvalue weighted by molar-refractivity contribution is -0.117.